The number of methoxy groups -OCH3 is 1. The zero-order chi connectivity index (χ0) is 12.3. The van der Waals surface area contributed by atoms with Crippen LogP contribution in [0.2, 0.25) is 0 Å². The first kappa shape index (κ1) is 13.4. The van der Waals surface area contributed by atoms with Crippen LogP contribution in [0.5, 0.6) is 5.75 Å². The fraction of sp³-hybridized carbons (Fsp3) is 0.222. The summed E-state index contributed by atoms with van der Waals surface area (Å²) < 4.78 is 5.43. The van der Waals surface area contributed by atoms with Gasteiger partial charge in [0.15, 0.2) is 5.78 Å². The minimum atomic E-state index is -0.583. The molecule has 86 valence electrons. The van der Waals surface area contributed by atoms with Crippen LogP contribution in [0.1, 0.15) is 10.4 Å². The number of Topliss-reactive ketones (excluding diaryl/α,β-unsaturated/α-hetero) is 1. The Kier molecular flexibility index (Phi) is 4.66. The van der Waals surface area contributed by atoms with Gasteiger partial charge in [0.2, 0.25) is 0 Å². The highest BCUT2D eigenvalue weighted by atomic mass is 127. The summed E-state index contributed by atoms with van der Waals surface area (Å²) in [5, 5.41) is 10.9. The SMILES string of the molecule is COc1cc(I)c(C(=O)CBr)c([N+](=O)[O-])c1. The molecule has 0 aliphatic carbocycles. The number of carbonyl (C=O) groups is 1. The Hall–Kier alpha value is -0.700. The van der Waals surface area contributed by atoms with E-state index in [0.29, 0.717) is 9.32 Å². The predicted molar refractivity (Wildman–Crippen MR) is 70.5 cm³/mol. The van der Waals surface area contributed by atoms with E-state index in [-0.39, 0.29) is 22.4 Å². The first-order valence-electron chi connectivity index (χ1n) is 4.12. The van der Waals surface area contributed by atoms with Crippen LogP contribution in [-0.4, -0.2) is 23.1 Å². The molecule has 0 heterocycles. The summed E-state index contributed by atoms with van der Waals surface area (Å²) in [6.07, 6.45) is 0. The van der Waals surface area contributed by atoms with Crippen LogP contribution in [0.4, 0.5) is 5.69 Å². The molecule has 0 atom stereocenters. The van der Waals surface area contributed by atoms with Crippen LogP contribution in [-0.2, 0) is 0 Å². The molecule has 0 aliphatic rings. The van der Waals surface area contributed by atoms with Crippen molar-refractivity contribution in [1.29, 1.82) is 0 Å². The Morgan fingerprint density at radius 3 is 2.69 bits per heavy atom. The quantitative estimate of drug-likeness (QED) is 0.256. The van der Waals surface area contributed by atoms with Gasteiger partial charge in [-0.1, -0.05) is 15.9 Å². The summed E-state index contributed by atoms with van der Waals surface area (Å²) >= 11 is 4.88. The predicted octanol–water partition coefficient (Wildman–Crippen LogP) is 2.79. The molecule has 0 radical (unpaired) electrons. The number of hydrogen-bond donors (Lipinski definition) is 0. The maximum Gasteiger partial charge on any atom is 0.284 e. The maximum atomic E-state index is 11.6. The Bertz CT molecular complexity index is 449. The smallest absolute Gasteiger partial charge is 0.284 e. The molecule has 0 saturated heterocycles. The Balaban J connectivity index is 3.45. The van der Waals surface area contributed by atoms with Crippen molar-refractivity contribution in [1.82, 2.24) is 0 Å². The molecule has 0 bridgehead atoms. The van der Waals surface area contributed by atoms with Gasteiger partial charge >= 0.3 is 0 Å². The van der Waals surface area contributed by atoms with E-state index in [1.54, 1.807) is 6.07 Å². The normalized spacial score (nSPS) is 9.94. The number of hydrogen-bond acceptors (Lipinski definition) is 4. The molecule has 5 nitrogen and oxygen atoms in total. The number of rotatable bonds is 4. The van der Waals surface area contributed by atoms with Gasteiger partial charge in [-0.05, 0) is 28.7 Å². The van der Waals surface area contributed by atoms with Crippen molar-refractivity contribution in [2.45, 2.75) is 0 Å². The van der Waals surface area contributed by atoms with Crippen molar-refractivity contribution in [3.63, 3.8) is 0 Å². The standard InChI is InChI=1S/C9H7BrINO4/c1-16-5-2-6(11)9(8(13)4-10)7(3-5)12(14)15/h2-3H,4H2,1H3. The third kappa shape index (κ3) is 2.70. The molecule has 0 aliphatic heterocycles. The van der Waals surface area contributed by atoms with Crippen LogP contribution < -0.4 is 4.74 Å². The van der Waals surface area contributed by atoms with E-state index in [1.165, 1.54) is 13.2 Å². The largest absolute Gasteiger partial charge is 0.496 e. The number of ether oxygens (including phenoxy) is 1. The Morgan fingerprint density at radius 1 is 1.62 bits per heavy atom. The molecule has 1 aromatic carbocycles. The third-order valence-electron chi connectivity index (χ3n) is 1.88. The molecule has 0 spiro atoms. The molecule has 0 fully saturated rings. The number of carbonyl (C=O) groups excluding carboxylic acids is 1. The van der Waals surface area contributed by atoms with E-state index in [4.69, 9.17) is 4.74 Å². The minimum Gasteiger partial charge on any atom is -0.496 e. The Morgan fingerprint density at radius 2 is 2.25 bits per heavy atom. The maximum absolute atomic E-state index is 11.6. The second-order valence-electron chi connectivity index (χ2n) is 2.82. The average Bonchev–Trinajstić information content (AvgIpc) is 2.26. The molecule has 1 rings (SSSR count). The van der Waals surface area contributed by atoms with Gasteiger partial charge < -0.3 is 4.74 Å². The van der Waals surface area contributed by atoms with Crippen LogP contribution in [0, 0.1) is 13.7 Å². The number of benzene rings is 1. The fourth-order valence-corrected chi connectivity index (χ4v) is 2.34. The molecular weight excluding hydrogens is 393 g/mol. The van der Waals surface area contributed by atoms with Gasteiger partial charge in [-0.2, -0.15) is 0 Å². The van der Waals surface area contributed by atoms with Crippen molar-refractivity contribution in [3.8, 4) is 5.75 Å². The van der Waals surface area contributed by atoms with E-state index in [0.717, 1.165) is 0 Å². The van der Waals surface area contributed by atoms with Crippen LogP contribution in [0.25, 0.3) is 0 Å². The molecule has 16 heavy (non-hydrogen) atoms. The third-order valence-corrected chi connectivity index (χ3v) is 3.24. The fourth-order valence-electron chi connectivity index (χ4n) is 1.17. The molecular formula is C9H7BrINO4. The van der Waals surface area contributed by atoms with Crippen molar-refractivity contribution in [2.75, 3.05) is 12.4 Å². The van der Waals surface area contributed by atoms with Crippen molar-refractivity contribution < 1.29 is 14.5 Å². The summed E-state index contributed by atoms with van der Waals surface area (Å²) in [7, 11) is 1.42. The van der Waals surface area contributed by atoms with Crippen molar-refractivity contribution >= 4 is 50.0 Å². The summed E-state index contributed by atoms with van der Waals surface area (Å²) in [4.78, 5) is 21.8. The topological polar surface area (TPSA) is 69.4 Å². The van der Waals surface area contributed by atoms with E-state index >= 15 is 0 Å². The zero-order valence-corrected chi connectivity index (χ0v) is 11.9. The first-order chi connectivity index (χ1) is 7.51. The Labute approximate surface area is 114 Å². The lowest BCUT2D eigenvalue weighted by atomic mass is 10.1. The van der Waals surface area contributed by atoms with E-state index in [2.05, 4.69) is 15.9 Å². The molecule has 0 unspecified atom stereocenters. The average molecular weight is 400 g/mol. The number of nitro groups is 1. The van der Waals surface area contributed by atoms with Gasteiger partial charge in [-0.15, -0.1) is 0 Å². The first-order valence-corrected chi connectivity index (χ1v) is 6.32. The van der Waals surface area contributed by atoms with Crippen LogP contribution >= 0.6 is 38.5 Å². The second kappa shape index (κ2) is 5.58. The summed E-state index contributed by atoms with van der Waals surface area (Å²) in [5.74, 6) is 0.0426. The highest BCUT2D eigenvalue weighted by molar-refractivity contribution is 14.1. The highest BCUT2D eigenvalue weighted by Gasteiger charge is 2.23. The number of halogens is 2. The van der Waals surface area contributed by atoms with E-state index in [9.17, 15) is 14.9 Å². The van der Waals surface area contributed by atoms with Gasteiger partial charge in [-0.25, -0.2) is 0 Å². The minimum absolute atomic E-state index is 0.0518. The summed E-state index contributed by atoms with van der Waals surface area (Å²) in [6.45, 7) is 0. The zero-order valence-electron chi connectivity index (χ0n) is 8.20. The monoisotopic (exact) mass is 399 g/mol. The number of ketones is 1. The summed E-state index contributed by atoms with van der Waals surface area (Å²) in [5.41, 5.74) is -0.114. The van der Waals surface area contributed by atoms with Gasteiger partial charge in [0.1, 0.15) is 11.3 Å². The molecule has 0 aromatic heterocycles. The van der Waals surface area contributed by atoms with E-state index < -0.39 is 4.92 Å². The van der Waals surface area contributed by atoms with Crippen molar-refractivity contribution in [3.05, 3.63) is 31.4 Å². The van der Waals surface area contributed by atoms with E-state index in [1.807, 2.05) is 22.6 Å². The number of alkyl halides is 1. The lowest BCUT2D eigenvalue weighted by Gasteiger charge is -2.06. The van der Waals surface area contributed by atoms with Crippen molar-refractivity contribution in [2.24, 2.45) is 0 Å². The van der Waals surface area contributed by atoms with Crippen LogP contribution in [0.15, 0.2) is 12.1 Å². The lowest BCUT2D eigenvalue weighted by molar-refractivity contribution is -0.385. The molecule has 1 aromatic rings. The second-order valence-corrected chi connectivity index (χ2v) is 4.54. The molecule has 0 saturated carbocycles. The summed E-state index contributed by atoms with van der Waals surface area (Å²) in [6, 6.07) is 2.83. The van der Waals surface area contributed by atoms with Gasteiger partial charge in [0, 0.05) is 3.57 Å². The molecule has 0 N–H and O–H groups in total. The lowest BCUT2D eigenvalue weighted by Crippen LogP contribution is -2.07. The molecule has 7 heteroatoms. The van der Waals surface area contributed by atoms with Gasteiger partial charge in [0.05, 0.1) is 23.4 Å². The number of nitrogens with zero attached hydrogens (tertiary/aromatic N) is 1. The highest BCUT2D eigenvalue weighted by Crippen LogP contribution is 2.30. The molecule has 0 amide bonds. The number of nitro benzene ring substituents is 1. The van der Waals surface area contributed by atoms with Crippen LogP contribution in [0.3, 0.4) is 0 Å². The van der Waals surface area contributed by atoms with Gasteiger partial charge in [0.25, 0.3) is 5.69 Å². The van der Waals surface area contributed by atoms with Gasteiger partial charge in [-0.3, -0.25) is 14.9 Å².